The lowest BCUT2D eigenvalue weighted by Gasteiger charge is -2.09. The molecule has 0 aliphatic heterocycles. The third-order valence-electron chi connectivity index (χ3n) is 4.60. The van der Waals surface area contributed by atoms with Gasteiger partial charge in [0.2, 0.25) is 5.91 Å². The third-order valence-corrected chi connectivity index (χ3v) is 5.76. The van der Waals surface area contributed by atoms with Crippen LogP contribution in [-0.4, -0.2) is 16.8 Å². The molecule has 1 aromatic heterocycles. The fourth-order valence-corrected chi connectivity index (χ4v) is 3.80. The highest BCUT2D eigenvalue weighted by Crippen LogP contribution is 2.21. The topological polar surface area (TPSA) is 71.1 Å². The van der Waals surface area contributed by atoms with Gasteiger partial charge in [-0.25, -0.2) is 9.37 Å². The van der Waals surface area contributed by atoms with E-state index in [0.29, 0.717) is 22.1 Å². The number of amides is 2. The Hall–Kier alpha value is -3.06. The first kappa shape index (κ1) is 20.7. The van der Waals surface area contributed by atoms with E-state index in [1.165, 1.54) is 23.5 Å². The summed E-state index contributed by atoms with van der Waals surface area (Å²) >= 11 is 1.21. The average Bonchev–Trinajstić information content (AvgIpc) is 3.04. The number of aryl methyl sites for hydroxylation is 2. The van der Waals surface area contributed by atoms with Gasteiger partial charge in [0.25, 0.3) is 5.91 Å². The van der Waals surface area contributed by atoms with E-state index in [-0.39, 0.29) is 24.1 Å². The summed E-state index contributed by atoms with van der Waals surface area (Å²) < 4.78 is 13.0. The first-order chi connectivity index (χ1) is 13.8. The second-order valence-electron chi connectivity index (χ2n) is 6.80. The fourth-order valence-electron chi connectivity index (χ4n) is 2.82. The summed E-state index contributed by atoms with van der Waals surface area (Å²) in [7, 11) is 0. The molecule has 0 fully saturated rings. The summed E-state index contributed by atoms with van der Waals surface area (Å²) in [5, 5.41) is 6.29. The Morgan fingerprint density at radius 3 is 2.52 bits per heavy atom. The van der Waals surface area contributed by atoms with Crippen molar-refractivity contribution >= 4 is 28.8 Å². The Morgan fingerprint density at radius 1 is 1.07 bits per heavy atom. The minimum absolute atomic E-state index is 0.101. The normalized spacial score (nSPS) is 10.6. The number of hydrogen-bond acceptors (Lipinski definition) is 4. The van der Waals surface area contributed by atoms with Crippen LogP contribution < -0.4 is 10.6 Å². The molecule has 3 rings (SSSR count). The number of anilines is 1. The number of nitrogens with one attached hydrogen (secondary N) is 2. The summed E-state index contributed by atoms with van der Waals surface area (Å²) in [5.41, 5.74) is 4.29. The molecule has 0 aliphatic rings. The van der Waals surface area contributed by atoms with Crippen molar-refractivity contribution in [3.8, 4) is 0 Å². The zero-order chi connectivity index (χ0) is 21.0. The molecule has 3 aromatic rings. The van der Waals surface area contributed by atoms with Crippen molar-refractivity contribution in [2.24, 2.45) is 0 Å². The van der Waals surface area contributed by atoms with Gasteiger partial charge in [0.15, 0.2) is 0 Å². The lowest BCUT2D eigenvalue weighted by molar-refractivity contribution is -0.115. The molecule has 0 unspecified atom stereocenters. The van der Waals surface area contributed by atoms with Crippen molar-refractivity contribution < 1.29 is 14.0 Å². The van der Waals surface area contributed by atoms with Crippen molar-refractivity contribution in [3.05, 3.63) is 80.6 Å². The molecule has 0 saturated carbocycles. The van der Waals surface area contributed by atoms with Gasteiger partial charge >= 0.3 is 0 Å². The molecule has 0 spiro atoms. The van der Waals surface area contributed by atoms with Crippen LogP contribution in [-0.2, 0) is 17.8 Å². The maximum absolute atomic E-state index is 13.0. The Balaban J connectivity index is 1.61. The highest BCUT2D eigenvalue weighted by Gasteiger charge is 2.17. The van der Waals surface area contributed by atoms with Gasteiger partial charge in [-0.2, -0.15) is 0 Å². The molecule has 150 valence electrons. The number of benzene rings is 2. The summed E-state index contributed by atoms with van der Waals surface area (Å²) in [5.74, 6) is -0.751. The van der Waals surface area contributed by atoms with Gasteiger partial charge in [-0.05, 0) is 55.7 Å². The molecule has 2 N–H and O–H groups in total. The maximum atomic E-state index is 13.0. The van der Waals surface area contributed by atoms with Gasteiger partial charge in [0.1, 0.15) is 15.7 Å². The molecule has 7 heteroatoms. The van der Waals surface area contributed by atoms with Gasteiger partial charge in [0, 0.05) is 12.2 Å². The van der Waals surface area contributed by atoms with E-state index >= 15 is 0 Å². The van der Waals surface area contributed by atoms with Crippen LogP contribution in [0.15, 0.2) is 42.5 Å². The Kier molecular flexibility index (Phi) is 6.39. The largest absolute Gasteiger partial charge is 0.347 e. The summed E-state index contributed by atoms with van der Waals surface area (Å²) in [6.07, 6.45) is 0.101. The van der Waals surface area contributed by atoms with E-state index in [0.717, 1.165) is 22.4 Å². The van der Waals surface area contributed by atoms with Gasteiger partial charge in [0.05, 0.1) is 12.1 Å². The van der Waals surface area contributed by atoms with Crippen LogP contribution >= 0.6 is 11.3 Å². The smallest absolute Gasteiger partial charge is 0.263 e. The standard InChI is InChI=1S/C22H22FN3O2S/c1-13-5-4-6-18(14(13)2)26-19(27)11-20-25-15(3)21(29-20)22(28)24-12-16-7-9-17(23)10-8-16/h4-10H,11-12H2,1-3H3,(H,24,28)(H,26,27). The quantitative estimate of drug-likeness (QED) is 0.635. The van der Waals surface area contributed by atoms with Crippen molar-refractivity contribution in [1.29, 1.82) is 0 Å². The maximum Gasteiger partial charge on any atom is 0.263 e. The van der Waals surface area contributed by atoms with Crippen LogP contribution in [0.3, 0.4) is 0 Å². The summed E-state index contributed by atoms with van der Waals surface area (Å²) in [6, 6.07) is 11.7. The second-order valence-corrected chi connectivity index (χ2v) is 7.89. The third kappa shape index (κ3) is 5.26. The van der Waals surface area contributed by atoms with Gasteiger partial charge in [-0.15, -0.1) is 11.3 Å². The lowest BCUT2D eigenvalue weighted by atomic mass is 10.1. The predicted molar refractivity (Wildman–Crippen MR) is 113 cm³/mol. The molecule has 29 heavy (non-hydrogen) atoms. The Morgan fingerprint density at radius 2 is 1.79 bits per heavy atom. The Labute approximate surface area is 173 Å². The number of carbonyl (C=O) groups is 2. The van der Waals surface area contributed by atoms with Crippen LogP contribution in [0.2, 0.25) is 0 Å². The summed E-state index contributed by atoms with van der Waals surface area (Å²) in [6.45, 7) is 5.99. The lowest BCUT2D eigenvalue weighted by Crippen LogP contribution is -2.22. The molecule has 1 heterocycles. The number of aromatic nitrogens is 1. The molecule has 0 bridgehead atoms. The average molecular weight is 412 g/mol. The van der Waals surface area contributed by atoms with Gasteiger partial charge < -0.3 is 10.6 Å². The van der Waals surface area contributed by atoms with Crippen molar-refractivity contribution in [2.45, 2.75) is 33.7 Å². The molecule has 0 atom stereocenters. The molecule has 5 nitrogen and oxygen atoms in total. The fraction of sp³-hybridized carbons (Fsp3) is 0.227. The number of carbonyl (C=O) groups excluding carboxylic acids is 2. The molecule has 0 radical (unpaired) electrons. The molecule has 2 amide bonds. The van der Waals surface area contributed by atoms with Crippen LogP contribution in [0, 0.1) is 26.6 Å². The monoisotopic (exact) mass is 411 g/mol. The van der Waals surface area contributed by atoms with Crippen LogP contribution in [0.4, 0.5) is 10.1 Å². The summed E-state index contributed by atoms with van der Waals surface area (Å²) in [4.78, 5) is 29.7. The molecule has 2 aromatic carbocycles. The van der Waals surface area contributed by atoms with Crippen molar-refractivity contribution in [2.75, 3.05) is 5.32 Å². The van der Waals surface area contributed by atoms with Crippen molar-refractivity contribution in [3.63, 3.8) is 0 Å². The number of hydrogen-bond donors (Lipinski definition) is 2. The highest BCUT2D eigenvalue weighted by molar-refractivity contribution is 7.13. The Bertz CT molecular complexity index is 1040. The number of nitrogens with zero attached hydrogens (tertiary/aromatic N) is 1. The van der Waals surface area contributed by atoms with Crippen LogP contribution in [0.1, 0.15) is 37.1 Å². The number of rotatable bonds is 6. The zero-order valence-corrected chi connectivity index (χ0v) is 17.3. The number of halogens is 1. The SMILES string of the molecule is Cc1cccc(NC(=O)Cc2nc(C)c(C(=O)NCc3ccc(F)cc3)s2)c1C. The molecule has 0 saturated heterocycles. The first-order valence-corrected chi connectivity index (χ1v) is 10.00. The molecular weight excluding hydrogens is 389 g/mol. The van der Waals surface area contributed by atoms with Gasteiger partial charge in [-0.3, -0.25) is 9.59 Å². The van der Waals surface area contributed by atoms with E-state index in [2.05, 4.69) is 15.6 Å². The van der Waals surface area contributed by atoms with E-state index in [1.54, 1.807) is 19.1 Å². The minimum atomic E-state index is -0.317. The highest BCUT2D eigenvalue weighted by atomic mass is 32.1. The van der Waals surface area contributed by atoms with E-state index < -0.39 is 0 Å². The van der Waals surface area contributed by atoms with E-state index in [9.17, 15) is 14.0 Å². The first-order valence-electron chi connectivity index (χ1n) is 9.18. The van der Waals surface area contributed by atoms with Gasteiger partial charge in [-0.1, -0.05) is 24.3 Å². The predicted octanol–water partition coefficient (Wildman–Crippen LogP) is 4.32. The van der Waals surface area contributed by atoms with Crippen LogP contribution in [0.25, 0.3) is 0 Å². The van der Waals surface area contributed by atoms with E-state index in [1.807, 2.05) is 32.0 Å². The minimum Gasteiger partial charge on any atom is -0.347 e. The van der Waals surface area contributed by atoms with E-state index in [4.69, 9.17) is 0 Å². The van der Waals surface area contributed by atoms with Crippen molar-refractivity contribution in [1.82, 2.24) is 10.3 Å². The molecule has 0 aliphatic carbocycles. The van der Waals surface area contributed by atoms with Crippen LogP contribution in [0.5, 0.6) is 0 Å². The number of thiazole rings is 1. The second kappa shape index (κ2) is 8.96. The zero-order valence-electron chi connectivity index (χ0n) is 16.5. The molecular formula is C22H22FN3O2S.